The lowest BCUT2D eigenvalue weighted by atomic mass is 10.1. The van der Waals surface area contributed by atoms with Crippen molar-refractivity contribution >= 4 is 49.9 Å². The molecular weight excluding hydrogens is 322 g/mol. The van der Waals surface area contributed by atoms with Gasteiger partial charge in [0.05, 0.1) is 0 Å². The molecule has 9 nitrogen and oxygen atoms in total. The number of carbonyl (C=O) groups is 4. The molecule has 2 atom stereocenters. The number of nitrogens with two attached hydrogens (primary N) is 1. The highest BCUT2D eigenvalue weighted by Gasteiger charge is 2.20. The van der Waals surface area contributed by atoms with Crippen molar-refractivity contribution in [2.75, 3.05) is 12.3 Å². The number of hydrogen-bond donors (Lipinski definition) is 6. The molecule has 0 aromatic heterocycles. The molecule has 0 spiro atoms. The second-order valence-corrected chi connectivity index (χ2v) is 4.26. The van der Waals surface area contributed by atoms with Crippen LogP contribution in [-0.4, -0.2) is 58.3 Å². The summed E-state index contributed by atoms with van der Waals surface area (Å²) in [5.41, 5.74) is 5.23. The van der Waals surface area contributed by atoms with Crippen molar-refractivity contribution in [2.45, 2.75) is 24.9 Å². The average molecular weight is 339 g/mol. The number of carbonyl (C=O) groups excluding carboxylic acids is 2. The van der Waals surface area contributed by atoms with Crippen LogP contribution < -0.4 is 16.4 Å². The van der Waals surface area contributed by atoms with Crippen molar-refractivity contribution in [3.05, 3.63) is 0 Å². The Hall–Kier alpha value is -1.46. The maximum Gasteiger partial charge on any atom is 0.322 e. The van der Waals surface area contributed by atoms with E-state index in [2.05, 4.69) is 23.3 Å². The average Bonchev–Trinajstić information content (AvgIpc) is 2.38. The fourth-order valence-electron chi connectivity index (χ4n) is 1.16. The molecule has 0 unspecified atom stereocenters. The van der Waals surface area contributed by atoms with Crippen LogP contribution >= 0.6 is 26.1 Å². The highest BCUT2D eigenvalue weighted by Crippen LogP contribution is 1.97. The lowest BCUT2D eigenvalue weighted by Crippen LogP contribution is -2.49. The van der Waals surface area contributed by atoms with E-state index in [1.54, 1.807) is 0 Å². The molecule has 0 heterocycles. The molecule has 0 aromatic rings. The summed E-state index contributed by atoms with van der Waals surface area (Å²) in [6.45, 7) is -0.567. The minimum atomic E-state index is -1.22. The van der Waals surface area contributed by atoms with Crippen molar-refractivity contribution < 1.29 is 29.4 Å². The van der Waals surface area contributed by atoms with Crippen LogP contribution in [-0.2, 0) is 19.2 Å². The number of hydrogen-bond acceptors (Lipinski definition) is 6. The van der Waals surface area contributed by atoms with E-state index in [0.717, 1.165) is 0 Å². The number of nitrogens with one attached hydrogen (secondary N) is 2. The summed E-state index contributed by atoms with van der Waals surface area (Å²) in [6, 6.07) is -2.15. The van der Waals surface area contributed by atoms with Gasteiger partial charge in [-0.2, -0.15) is 12.6 Å². The third kappa shape index (κ3) is 9.98. The quantitative estimate of drug-likeness (QED) is 0.277. The summed E-state index contributed by atoms with van der Waals surface area (Å²) in [5.74, 6) is -3.70. The molecule has 21 heavy (non-hydrogen) atoms. The third-order valence-electron chi connectivity index (χ3n) is 2.25. The number of aliphatic carboxylic acids is 2. The predicted molar refractivity (Wildman–Crippen MR) is 78.9 cm³/mol. The minimum Gasteiger partial charge on any atom is -0.480 e. The predicted octanol–water partition coefficient (Wildman–Crippen LogP) is -1.56. The largest absolute Gasteiger partial charge is 0.480 e. The van der Waals surface area contributed by atoms with E-state index in [4.69, 9.17) is 15.9 Å². The molecule has 0 saturated heterocycles. The third-order valence-corrected chi connectivity index (χ3v) is 2.61. The standard InChI is InChI=1S/C10H17N3O6S.S/c11-5(10(18)19)1-2-7(14)13-6(4-20)9(17)12-3-8(15)16;/h5-6,20H,1-4,11H2,(H,12,17)(H,13,14)(H,15,16)(H,18,19);/t5-,6-;/m0./s1. The summed E-state index contributed by atoms with van der Waals surface area (Å²) in [5, 5.41) is 21.4. The first-order valence-electron chi connectivity index (χ1n) is 5.66. The molecule has 0 rings (SSSR count). The topological polar surface area (TPSA) is 159 Å². The second-order valence-electron chi connectivity index (χ2n) is 3.90. The number of carboxylic acid groups (broad SMARTS) is 2. The molecule has 0 aromatic carbocycles. The Morgan fingerprint density at radius 1 is 1.19 bits per heavy atom. The zero-order valence-electron chi connectivity index (χ0n) is 10.9. The fraction of sp³-hybridized carbons (Fsp3) is 0.600. The number of carboxylic acids is 2. The van der Waals surface area contributed by atoms with Crippen LogP contribution in [0.3, 0.4) is 0 Å². The van der Waals surface area contributed by atoms with Gasteiger partial charge >= 0.3 is 11.9 Å². The summed E-state index contributed by atoms with van der Waals surface area (Å²) >= 11 is 3.87. The van der Waals surface area contributed by atoms with Gasteiger partial charge in [0, 0.05) is 25.7 Å². The van der Waals surface area contributed by atoms with Gasteiger partial charge in [-0.15, -0.1) is 0 Å². The van der Waals surface area contributed by atoms with Gasteiger partial charge in [-0.3, -0.25) is 19.2 Å². The lowest BCUT2D eigenvalue weighted by molar-refractivity contribution is -0.139. The van der Waals surface area contributed by atoms with Crippen LogP contribution in [0.1, 0.15) is 12.8 Å². The van der Waals surface area contributed by atoms with Crippen molar-refractivity contribution in [3.8, 4) is 0 Å². The normalized spacial score (nSPS) is 12.5. The van der Waals surface area contributed by atoms with Crippen LogP contribution in [0.5, 0.6) is 0 Å². The number of thiol groups is 1. The molecule has 2 amide bonds. The summed E-state index contributed by atoms with van der Waals surface area (Å²) in [6.07, 6.45) is -0.235. The lowest BCUT2D eigenvalue weighted by Gasteiger charge is -2.16. The van der Waals surface area contributed by atoms with E-state index in [1.165, 1.54) is 0 Å². The van der Waals surface area contributed by atoms with Gasteiger partial charge in [0.1, 0.15) is 18.6 Å². The van der Waals surface area contributed by atoms with Gasteiger partial charge in [-0.05, 0) is 6.42 Å². The van der Waals surface area contributed by atoms with Crippen LogP contribution in [0.2, 0.25) is 0 Å². The molecule has 0 aliphatic heterocycles. The molecule has 2 radical (unpaired) electrons. The van der Waals surface area contributed by atoms with Crippen LogP contribution in [0, 0.1) is 0 Å². The monoisotopic (exact) mass is 339 g/mol. The second kappa shape index (κ2) is 11.2. The molecule has 6 N–H and O–H groups in total. The van der Waals surface area contributed by atoms with Gasteiger partial charge in [-0.1, -0.05) is 0 Å². The molecule has 0 fully saturated rings. The maximum atomic E-state index is 11.5. The Kier molecular flexibility index (Phi) is 11.7. The Morgan fingerprint density at radius 2 is 1.76 bits per heavy atom. The van der Waals surface area contributed by atoms with Crippen LogP contribution in [0.25, 0.3) is 0 Å². The molecule has 0 saturated carbocycles. The van der Waals surface area contributed by atoms with E-state index in [1.807, 2.05) is 0 Å². The van der Waals surface area contributed by atoms with Gasteiger partial charge in [-0.25, -0.2) is 0 Å². The van der Waals surface area contributed by atoms with Crippen molar-refractivity contribution in [3.63, 3.8) is 0 Å². The van der Waals surface area contributed by atoms with E-state index in [9.17, 15) is 19.2 Å². The van der Waals surface area contributed by atoms with Gasteiger partial charge in [0.15, 0.2) is 0 Å². The molecule has 0 aliphatic rings. The van der Waals surface area contributed by atoms with Crippen LogP contribution in [0.15, 0.2) is 0 Å². The van der Waals surface area contributed by atoms with Crippen molar-refractivity contribution in [2.24, 2.45) is 5.73 Å². The SMILES string of the molecule is N[C@@H](CCC(=O)N[C@@H](CS)C(=O)NCC(=O)O)C(=O)O.[S]. The van der Waals surface area contributed by atoms with Gasteiger partial charge in [0.2, 0.25) is 11.8 Å². The Morgan fingerprint density at radius 3 is 2.19 bits per heavy atom. The van der Waals surface area contributed by atoms with Crippen molar-refractivity contribution in [1.29, 1.82) is 0 Å². The minimum absolute atomic E-state index is 0. The van der Waals surface area contributed by atoms with Gasteiger partial charge < -0.3 is 26.6 Å². The zero-order chi connectivity index (χ0) is 15.7. The molecule has 0 aliphatic carbocycles. The smallest absolute Gasteiger partial charge is 0.322 e. The summed E-state index contributed by atoms with van der Waals surface area (Å²) in [4.78, 5) is 43.7. The van der Waals surface area contributed by atoms with Gasteiger partial charge in [0.25, 0.3) is 0 Å². The Labute approximate surface area is 133 Å². The first-order valence-corrected chi connectivity index (χ1v) is 6.29. The fourth-order valence-corrected chi connectivity index (χ4v) is 1.41. The number of amides is 2. The van der Waals surface area contributed by atoms with E-state index in [0.29, 0.717) is 0 Å². The molecule has 120 valence electrons. The van der Waals surface area contributed by atoms with E-state index >= 15 is 0 Å². The van der Waals surface area contributed by atoms with E-state index in [-0.39, 0.29) is 32.1 Å². The highest BCUT2D eigenvalue weighted by molar-refractivity contribution is 7.80. The molecule has 0 bridgehead atoms. The first-order chi connectivity index (χ1) is 9.27. The molecular formula is C10H17N3O6S2. The zero-order valence-corrected chi connectivity index (χ0v) is 12.7. The molecule has 11 heteroatoms. The highest BCUT2D eigenvalue weighted by atomic mass is 32.1. The maximum absolute atomic E-state index is 11.5. The van der Waals surface area contributed by atoms with E-state index < -0.39 is 42.4 Å². The summed E-state index contributed by atoms with van der Waals surface area (Å²) in [7, 11) is 0. The van der Waals surface area contributed by atoms with Crippen LogP contribution in [0.4, 0.5) is 0 Å². The number of rotatable bonds is 9. The first kappa shape index (κ1) is 21.8. The Bertz CT molecular complexity index is 393. The van der Waals surface area contributed by atoms with Crippen molar-refractivity contribution in [1.82, 2.24) is 10.6 Å². The summed E-state index contributed by atoms with van der Waals surface area (Å²) < 4.78 is 0. The Balaban J connectivity index is 0.